The topological polar surface area (TPSA) is 110 Å². The average molecular weight is 414 g/mol. The Labute approximate surface area is 172 Å². The fourth-order valence-corrected chi connectivity index (χ4v) is 3.63. The van der Waals surface area contributed by atoms with Gasteiger partial charge in [-0.1, -0.05) is 11.6 Å². The van der Waals surface area contributed by atoms with E-state index in [0.29, 0.717) is 35.1 Å². The molecule has 0 fully saturated rings. The second-order valence-corrected chi connectivity index (χ2v) is 6.93. The van der Waals surface area contributed by atoms with Crippen molar-refractivity contribution >= 4 is 29.4 Å². The summed E-state index contributed by atoms with van der Waals surface area (Å²) in [7, 11) is 1.59. The molecule has 1 aromatic carbocycles. The Balaban J connectivity index is 1.66. The van der Waals surface area contributed by atoms with Gasteiger partial charge < -0.3 is 15.8 Å². The molecule has 3 N–H and O–H groups in total. The molecule has 0 bridgehead atoms. The predicted octanol–water partition coefficient (Wildman–Crippen LogP) is 1.49. The number of fused-ring (bicyclic) bond motifs is 1. The van der Waals surface area contributed by atoms with Crippen molar-refractivity contribution in [2.75, 3.05) is 20.2 Å². The van der Waals surface area contributed by atoms with Crippen LogP contribution in [-0.4, -0.2) is 58.0 Å². The number of carbonyl (C=O) groups is 1. The highest BCUT2D eigenvalue weighted by atomic mass is 35.5. The van der Waals surface area contributed by atoms with E-state index in [1.807, 2.05) is 11.1 Å². The van der Waals surface area contributed by atoms with Gasteiger partial charge in [-0.2, -0.15) is 10.2 Å². The fourth-order valence-electron chi connectivity index (χ4n) is 3.45. The van der Waals surface area contributed by atoms with Crippen LogP contribution >= 0.6 is 11.6 Å². The van der Waals surface area contributed by atoms with Crippen LogP contribution in [0.15, 0.2) is 48.0 Å². The summed E-state index contributed by atoms with van der Waals surface area (Å²) < 4.78 is 7.07. The van der Waals surface area contributed by atoms with Crippen LogP contribution in [0.25, 0.3) is 5.65 Å². The maximum atomic E-state index is 13.0. The molecule has 9 nitrogen and oxygen atoms in total. The highest BCUT2D eigenvalue weighted by Crippen LogP contribution is 2.36. The summed E-state index contributed by atoms with van der Waals surface area (Å²) >= 11 is 6.23. The average Bonchev–Trinajstić information content (AvgIpc) is 3.32. The van der Waals surface area contributed by atoms with Gasteiger partial charge in [0, 0.05) is 42.3 Å². The first kappa shape index (κ1) is 19.2. The van der Waals surface area contributed by atoms with Gasteiger partial charge in [0.25, 0.3) is 5.91 Å². The number of hydrogen-bond acceptors (Lipinski definition) is 7. The number of nitrogens with two attached hydrogens (primary N) is 1. The SMILES string of the molecule is COc1ccc(Cl)cc1C1C(NC(=O)c2cnn3cccnc23)C=NN1CCN. The number of nitrogens with zero attached hydrogens (tertiary/aromatic N) is 5. The minimum Gasteiger partial charge on any atom is -0.496 e. The normalized spacial score (nSPS) is 18.4. The quantitative estimate of drug-likeness (QED) is 0.633. The monoisotopic (exact) mass is 413 g/mol. The first-order valence-corrected chi connectivity index (χ1v) is 9.43. The molecule has 0 radical (unpaired) electrons. The van der Waals surface area contributed by atoms with E-state index in [2.05, 4.69) is 20.5 Å². The van der Waals surface area contributed by atoms with E-state index in [4.69, 9.17) is 22.1 Å². The minimum absolute atomic E-state index is 0.296. The third kappa shape index (κ3) is 3.62. The van der Waals surface area contributed by atoms with Crippen LogP contribution in [0.5, 0.6) is 5.75 Å². The highest BCUT2D eigenvalue weighted by molar-refractivity contribution is 6.30. The van der Waals surface area contributed by atoms with Crippen molar-refractivity contribution in [3.05, 3.63) is 59.0 Å². The van der Waals surface area contributed by atoms with E-state index < -0.39 is 6.04 Å². The standard InChI is InChI=1S/C19H20ClN7O2/c1-29-16-4-3-12(20)9-13(16)17-15(11-24-26(17)8-5-21)25-19(28)14-10-23-27-7-2-6-22-18(14)27/h2-4,6-7,9-11,15,17H,5,8,21H2,1H3,(H,25,28). The number of ether oxygens (including phenoxy) is 1. The summed E-state index contributed by atoms with van der Waals surface area (Å²) in [6.45, 7) is 0.927. The summed E-state index contributed by atoms with van der Waals surface area (Å²) in [4.78, 5) is 17.2. The van der Waals surface area contributed by atoms with Crippen LogP contribution < -0.4 is 15.8 Å². The van der Waals surface area contributed by atoms with E-state index in [-0.39, 0.29) is 11.9 Å². The lowest BCUT2D eigenvalue weighted by Crippen LogP contribution is -2.42. The van der Waals surface area contributed by atoms with Crippen LogP contribution in [0.4, 0.5) is 0 Å². The molecule has 2 aromatic heterocycles. The lowest BCUT2D eigenvalue weighted by molar-refractivity contribution is 0.0930. The molecule has 1 amide bonds. The number of rotatable bonds is 6. The van der Waals surface area contributed by atoms with Crippen LogP contribution in [-0.2, 0) is 0 Å². The molecule has 1 aliphatic rings. The van der Waals surface area contributed by atoms with Gasteiger partial charge in [0.1, 0.15) is 17.4 Å². The van der Waals surface area contributed by atoms with E-state index in [1.54, 1.807) is 48.4 Å². The Morgan fingerprint density at radius 3 is 3.07 bits per heavy atom. The number of nitrogens with one attached hydrogen (secondary N) is 1. The van der Waals surface area contributed by atoms with Gasteiger partial charge >= 0.3 is 0 Å². The molecule has 3 heterocycles. The van der Waals surface area contributed by atoms with Gasteiger partial charge in [0.15, 0.2) is 5.65 Å². The van der Waals surface area contributed by atoms with Crippen LogP contribution in [0, 0.1) is 0 Å². The van der Waals surface area contributed by atoms with Crippen LogP contribution in [0.1, 0.15) is 22.0 Å². The molecule has 2 unspecified atom stereocenters. The summed E-state index contributed by atoms with van der Waals surface area (Å²) in [5.41, 5.74) is 7.43. The summed E-state index contributed by atoms with van der Waals surface area (Å²) in [6.07, 6.45) is 6.54. The molecular formula is C19H20ClN7O2. The van der Waals surface area contributed by atoms with E-state index >= 15 is 0 Å². The summed E-state index contributed by atoms with van der Waals surface area (Å²) in [5.74, 6) is 0.361. The maximum Gasteiger partial charge on any atom is 0.257 e. The van der Waals surface area contributed by atoms with Crippen molar-refractivity contribution < 1.29 is 9.53 Å². The van der Waals surface area contributed by atoms with Crippen molar-refractivity contribution in [3.63, 3.8) is 0 Å². The molecule has 0 saturated carbocycles. The molecule has 0 saturated heterocycles. The van der Waals surface area contributed by atoms with Gasteiger partial charge in [-0.25, -0.2) is 9.50 Å². The molecule has 3 aromatic rings. The Hall–Kier alpha value is -3.17. The number of aromatic nitrogens is 3. The number of hydrogen-bond donors (Lipinski definition) is 2. The first-order chi connectivity index (χ1) is 14.1. The molecule has 4 rings (SSSR count). The third-order valence-corrected chi connectivity index (χ3v) is 4.96. The van der Waals surface area contributed by atoms with E-state index in [1.165, 1.54) is 6.20 Å². The predicted molar refractivity (Wildman–Crippen MR) is 109 cm³/mol. The van der Waals surface area contributed by atoms with Gasteiger partial charge in [-0.05, 0) is 24.3 Å². The summed E-state index contributed by atoms with van der Waals surface area (Å²) in [5, 5.41) is 14.0. The zero-order chi connectivity index (χ0) is 20.4. The number of hydrazone groups is 1. The van der Waals surface area contributed by atoms with Crippen molar-refractivity contribution in [2.24, 2.45) is 10.8 Å². The molecular weight excluding hydrogens is 394 g/mol. The van der Waals surface area contributed by atoms with E-state index in [9.17, 15) is 4.79 Å². The van der Waals surface area contributed by atoms with Crippen molar-refractivity contribution in [3.8, 4) is 5.75 Å². The zero-order valence-corrected chi connectivity index (χ0v) is 16.5. The Morgan fingerprint density at radius 1 is 1.41 bits per heavy atom. The Kier molecular flexibility index (Phi) is 5.32. The Bertz CT molecular complexity index is 1070. The maximum absolute atomic E-state index is 13.0. The number of halogens is 1. The van der Waals surface area contributed by atoms with Gasteiger partial charge in [0.2, 0.25) is 0 Å². The second-order valence-electron chi connectivity index (χ2n) is 6.49. The first-order valence-electron chi connectivity index (χ1n) is 9.06. The van der Waals surface area contributed by atoms with Gasteiger partial charge in [-0.15, -0.1) is 0 Å². The summed E-state index contributed by atoms with van der Waals surface area (Å²) in [6, 6.07) is 6.39. The lowest BCUT2D eigenvalue weighted by atomic mass is 9.98. The number of methoxy groups -OCH3 is 1. The van der Waals surface area contributed by atoms with Crippen molar-refractivity contribution in [1.82, 2.24) is 24.9 Å². The van der Waals surface area contributed by atoms with Crippen LogP contribution in [0.3, 0.4) is 0 Å². The molecule has 150 valence electrons. The number of amides is 1. The number of carbonyl (C=O) groups excluding carboxylic acids is 1. The van der Waals surface area contributed by atoms with Crippen LogP contribution in [0.2, 0.25) is 5.02 Å². The lowest BCUT2D eigenvalue weighted by Gasteiger charge is -2.29. The van der Waals surface area contributed by atoms with E-state index in [0.717, 1.165) is 5.56 Å². The second kappa shape index (κ2) is 8.06. The highest BCUT2D eigenvalue weighted by Gasteiger charge is 2.35. The molecule has 10 heteroatoms. The largest absolute Gasteiger partial charge is 0.496 e. The van der Waals surface area contributed by atoms with Gasteiger partial charge in [0.05, 0.1) is 19.3 Å². The van der Waals surface area contributed by atoms with Crippen molar-refractivity contribution in [1.29, 1.82) is 0 Å². The molecule has 29 heavy (non-hydrogen) atoms. The third-order valence-electron chi connectivity index (χ3n) is 4.73. The fraction of sp³-hybridized carbons (Fsp3) is 0.263. The molecule has 1 aliphatic heterocycles. The minimum atomic E-state index is -0.417. The molecule has 2 atom stereocenters. The van der Waals surface area contributed by atoms with Crippen molar-refractivity contribution in [2.45, 2.75) is 12.1 Å². The smallest absolute Gasteiger partial charge is 0.257 e. The molecule has 0 spiro atoms. The van der Waals surface area contributed by atoms with Gasteiger partial charge in [-0.3, -0.25) is 9.80 Å². The Morgan fingerprint density at radius 2 is 2.28 bits per heavy atom. The zero-order valence-electron chi connectivity index (χ0n) is 15.7. The number of benzene rings is 1. The molecule has 0 aliphatic carbocycles.